The summed E-state index contributed by atoms with van der Waals surface area (Å²) in [4.78, 5) is 18.7. The number of furan rings is 1. The average molecular weight is 500 g/mol. The van der Waals surface area contributed by atoms with Gasteiger partial charge in [-0.25, -0.2) is 4.79 Å². The summed E-state index contributed by atoms with van der Waals surface area (Å²) in [7, 11) is 3.02. The van der Waals surface area contributed by atoms with Gasteiger partial charge in [-0.15, -0.1) is 0 Å². The standard InChI is InChI=1S/C28H25N3O4S/c1-33-21-11-9-18(10-12-21)17-31-26(25(30-28(31)36)22-8-3-4-15-29-22)24-14-13-23(35-24)19-6-5-7-20(16-19)27(32)34-2/h3-16,25-26H,17H2,1-2H3,(H,30,36)/t25-,26+/m0/s1. The van der Waals surface area contributed by atoms with Crippen LogP contribution in [0.5, 0.6) is 5.75 Å². The maximum atomic E-state index is 12.0. The SMILES string of the molecule is COC(=O)c1cccc(-c2ccc([C@@H]3[C@H](c4ccccn4)NC(=S)N3Cc3ccc(OC)cc3)o2)c1. The van der Waals surface area contributed by atoms with E-state index >= 15 is 0 Å². The third kappa shape index (κ3) is 4.67. The molecule has 1 N–H and O–H groups in total. The van der Waals surface area contributed by atoms with Gasteiger partial charge in [0.15, 0.2) is 5.11 Å². The van der Waals surface area contributed by atoms with Gasteiger partial charge >= 0.3 is 5.97 Å². The van der Waals surface area contributed by atoms with E-state index in [2.05, 4.69) is 15.2 Å². The number of carbonyl (C=O) groups is 1. The van der Waals surface area contributed by atoms with Gasteiger partial charge in [-0.2, -0.15) is 0 Å². The number of aromatic nitrogens is 1. The molecular weight excluding hydrogens is 474 g/mol. The van der Waals surface area contributed by atoms with Crippen molar-refractivity contribution in [3.8, 4) is 17.1 Å². The van der Waals surface area contributed by atoms with Crippen molar-refractivity contribution in [3.63, 3.8) is 0 Å². The molecule has 36 heavy (non-hydrogen) atoms. The molecule has 0 radical (unpaired) electrons. The van der Waals surface area contributed by atoms with E-state index in [1.807, 2.05) is 66.7 Å². The van der Waals surface area contributed by atoms with Gasteiger partial charge in [0, 0.05) is 18.3 Å². The number of carbonyl (C=O) groups excluding carboxylic acids is 1. The molecule has 1 aliphatic heterocycles. The van der Waals surface area contributed by atoms with Crippen LogP contribution in [0.4, 0.5) is 0 Å². The van der Waals surface area contributed by atoms with Crippen LogP contribution in [0, 0.1) is 0 Å². The molecule has 7 nitrogen and oxygen atoms in total. The molecule has 182 valence electrons. The zero-order chi connectivity index (χ0) is 25.1. The molecule has 0 amide bonds. The van der Waals surface area contributed by atoms with E-state index in [0.717, 1.165) is 28.3 Å². The first-order valence-electron chi connectivity index (χ1n) is 11.5. The number of benzene rings is 2. The van der Waals surface area contributed by atoms with Gasteiger partial charge in [0.2, 0.25) is 0 Å². The molecule has 1 fully saturated rings. The minimum Gasteiger partial charge on any atom is -0.497 e. The predicted octanol–water partition coefficient (Wildman–Crippen LogP) is 5.31. The minimum atomic E-state index is -0.394. The van der Waals surface area contributed by atoms with E-state index in [1.165, 1.54) is 7.11 Å². The summed E-state index contributed by atoms with van der Waals surface area (Å²) >= 11 is 5.77. The maximum Gasteiger partial charge on any atom is 0.337 e. The first-order chi connectivity index (χ1) is 17.6. The Balaban J connectivity index is 1.51. The molecule has 2 aromatic carbocycles. The number of rotatable bonds is 7. The van der Waals surface area contributed by atoms with E-state index in [9.17, 15) is 4.79 Å². The van der Waals surface area contributed by atoms with Gasteiger partial charge in [0.1, 0.15) is 23.3 Å². The van der Waals surface area contributed by atoms with Crippen molar-refractivity contribution in [3.05, 3.63) is 108 Å². The van der Waals surface area contributed by atoms with Crippen molar-refractivity contribution < 1.29 is 18.7 Å². The number of pyridine rings is 1. The summed E-state index contributed by atoms with van der Waals surface area (Å²) in [6.07, 6.45) is 1.77. The van der Waals surface area contributed by atoms with Crippen molar-refractivity contribution in [2.45, 2.75) is 18.6 Å². The Morgan fingerprint density at radius 1 is 1.06 bits per heavy atom. The summed E-state index contributed by atoms with van der Waals surface area (Å²) in [5, 5.41) is 4.06. The number of thiocarbonyl (C=S) groups is 1. The van der Waals surface area contributed by atoms with E-state index in [-0.39, 0.29) is 12.1 Å². The van der Waals surface area contributed by atoms with Crippen LogP contribution in [0.2, 0.25) is 0 Å². The number of methoxy groups -OCH3 is 2. The van der Waals surface area contributed by atoms with Gasteiger partial charge in [-0.05, 0) is 66.3 Å². The minimum absolute atomic E-state index is 0.197. The quantitative estimate of drug-likeness (QED) is 0.271. The number of ether oxygens (including phenoxy) is 2. The summed E-state index contributed by atoms with van der Waals surface area (Å²) < 4.78 is 16.5. The fourth-order valence-corrected chi connectivity index (χ4v) is 4.70. The molecule has 0 aliphatic carbocycles. The zero-order valence-electron chi connectivity index (χ0n) is 19.9. The molecule has 2 aromatic heterocycles. The lowest BCUT2D eigenvalue weighted by atomic mass is 10.0. The normalized spacial score (nSPS) is 17.1. The van der Waals surface area contributed by atoms with Gasteiger partial charge < -0.3 is 24.1 Å². The van der Waals surface area contributed by atoms with Crippen molar-refractivity contribution >= 4 is 23.3 Å². The smallest absolute Gasteiger partial charge is 0.337 e. The van der Waals surface area contributed by atoms with Crippen molar-refractivity contribution in [1.82, 2.24) is 15.2 Å². The summed E-state index contributed by atoms with van der Waals surface area (Å²) in [5.74, 6) is 1.80. The number of esters is 1. The lowest BCUT2D eigenvalue weighted by molar-refractivity contribution is 0.0601. The molecule has 1 saturated heterocycles. The first kappa shape index (κ1) is 23.6. The number of nitrogens with one attached hydrogen (secondary N) is 1. The Morgan fingerprint density at radius 2 is 1.89 bits per heavy atom. The number of nitrogens with zero attached hydrogens (tertiary/aromatic N) is 2. The van der Waals surface area contributed by atoms with E-state index in [0.29, 0.717) is 23.0 Å². The molecule has 0 saturated carbocycles. The third-order valence-electron chi connectivity index (χ3n) is 6.20. The number of hydrogen-bond donors (Lipinski definition) is 1. The molecule has 4 aromatic rings. The van der Waals surface area contributed by atoms with E-state index in [1.54, 1.807) is 25.4 Å². The molecule has 8 heteroatoms. The number of hydrogen-bond acceptors (Lipinski definition) is 6. The Morgan fingerprint density at radius 3 is 2.61 bits per heavy atom. The lowest BCUT2D eigenvalue weighted by Crippen LogP contribution is -2.29. The fourth-order valence-electron chi connectivity index (χ4n) is 4.40. The molecule has 5 rings (SSSR count). The Kier molecular flexibility index (Phi) is 6.69. The van der Waals surface area contributed by atoms with Gasteiger partial charge in [0.25, 0.3) is 0 Å². The predicted molar refractivity (Wildman–Crippen MR) is 139 cm³/mol. The van der Waals surface area contributed by atoms with Crippen LogP contribution in [0.1, 0.15) is 39.5 Å². The molecule has 3 heterocycles. The Hall–Kier alpha value is -4.17. The topological polar surface area (TPSA) is 76.8 Å². The van der Waals surface area contributed by atoms with Crippen LogP contribution >= 0.6 is 12.2 Å². The van der Waals surface area contributed by atoms with Crippen molar-refractivity contribution in [2.24, 2.45) is 0 Å². The zero-order valence-corrected chi connectivity index (χ0v) is 20.7. The van der Waals surface area contributed by atoms with Crippen LogP contribution in [-0.2, 0) is 11.3 Å². The maximum absolute atomic E-state index is 12.0. The second-order valence-corrected chi connectivity index (χ2v) is 8.76. The highest BCUT2D eigenvalue weighted by atomic mass is 32.1. The summed E-state index contributed by atoms with van der Waals surface area (Å²) in [5.41, 5.74) is 3.20. The van der Waals surface area contributed by atoms with Crippen molar-refractivity contribution in [1.29, 1.82) is 0 Å². The summed E-state index contributed by atoms with van der Waals surface area (Å²) in [6, 6.07) is 24.4. The van der Waals surface area contributed by atoms with Gasteiger partial charge in [-0.1, -0.05) is 30.3 Å². The highest BCUT2D eigenvalue weighted by Gasteiger charge is 2.41. The molecular formula is C28H25N3O4S. The monoisotopic (exact) mass is 499 g/mol. The second-order valence-electron chi connectivity index (χ2n) is 8.38. The van der Waals surface area contributed by atoms with Crippen LogP contribution in [0.3, 0.4) is 0 Å². The molecule has 0 bridgehead atoms. The van der Waals surface area contributed by atoms with Gasteiger partial charge in [0.05, 0.1) is 31.5 Å². The third-order valence-corrected chi connectivity index (χ3v) is 6.55. The highest BCUT2D eigenvalue weighted by molar-refractivity contribution is 7.80. The largest absolute Gasteiger partial charge is 0.497 e. The lowest BCUT2D eigenvalue weighted by Gasteiger charge is -2.26. The van der Waals surface area contributed by atoms with Crippen LogP contribution < -0.4 is 10.1 Å². The molecule has 0 spiro atoms. The van der Waals surface area contributed by atoms with Crippen LogP contribution in [0.15, 0.2) is 89.5 Å². The summed E-state index contributed by atoms with van der Waals surface area (Å²) in [6.45, 7) is 0.581. The van der Waals surface area contributed by atoms with Crippen LogP contribution in [-0.4, -0.2) is 35.2 Å². The highest BCUT2D eigenvalue weighted by Crippen LogP contribution is 2.41. The second kappa shape index (κ2) is 10.2. The molecule has 0 unspecified atom stereocenters. The Bertz CT molecular complexity index is 1370. The molecule has 1 aliphatic rings. The average Bonchev–Trinajstić information content (AvgIpc) is 3.54. The first-order valence-corrected chi connectivity index (χ1v) is 11.9. The van der Waals surface area contributed by atoms with Crippen LogP contribution in [0.25, 0.3) is 11.3 Å². The molecule has 2 atom stereocenters. The van der Waals surface area contributed by atoms with Crippen molar-refractivity contribution in [2.75, 3.05) is 14.2 Å². The van der Waals surface area contributed by atoms with Gasteiger partial charge in [-0.3, -0.25) is 4.98 Å². The van der Waals surface area contributed by atoms with E-state index < -0.39 is 5.97 Å². The fraction of sp³-hybridized carbons (Fsp3) is 0.179. The van der Waals surface area contributed by atoms with E-state index in [4.69, 9.17) is 26.1 Å². The Labute approximate surface area is 214 Å².